The van der Waals surface area contributed by atoms with Gasteiger partial charge >= 0.3 is 0 Å². The molecule has 2 rings (SSSR count). The Morgan fingerprint density at radius 3 is 2.67 bits per heavy atom. The molecule has 0 atom stereocenters. The summed E-state index contributed by atoms with van der Waals surface area (Å²) in [5.74, 6) is 1.69. The van der Waals surface area contributed by atoms with E-state index in [-0.39, 0.29) is 0 Å². The van der Waals surface area contributed by atoms with E-state index >= 15 is 0 Å². The second-order valence-electron chi connectivity index (χ2n) is 4.08. The molecule has 1 aromatic heterocycles. The topological polar surface area (TPSA) is 48.4 Å². The number of furan rings is 1. The van der Waals surface area contributed by atoms with Crippen LogP contribution in [0.2, 0.25) is 0 Å². The molecule has 0 aliphatic rings. The normalized spacial score (nSPS) is 10.8. The van der Waals surface area contributed by atoms with E-state index in [0.717, 1.165) is 27.1 Å². The number of ether oxygens (including phenoxy) is 1. The van der Waals surface area contributed by atoms with Gasteiger partial charge in [-0.2, -0.15) is 0 Å². The molecule has 1 aromatic carbocycles. The Hall–Kier alpha value is -1.10. The predicted octanol–water partition coefficient (Wildman–Crippen LogP) is 3.53. The average Bonchev–Trinajstić information content (AvgIpc) is 2.72. The fraction of sp³-hybridized carbons (Fsp3) is 0.286. The second kappa shape index (κ2) is 6.18. The van der Waals surface area contributed by atoms with Crippen LogP contribution >= 0.6 is 15.9 Å². The average molecular weight is 310 g/mol. The molecule has 0 spiro atoms. The van der Waals surface area contributed by atoms with Crippen molar-refractivity contribution in [1.29, 1.82) is 0 Å². The number of aryl methyl sites for hydroxylation is 1. The van der Waals surface area contributed by atoms with Crippen molar-refractivity contribution in [3.05, 3.63) is 57.5 Å². The Balaban J connectivity index is 1.90. The predicted molar refractivity (Wildman–Crippen MR) is 74.0 cm³/mol. The molecule has 0 aliphatic heterocycles. The number of rotatable bonds is 5. The van der Waals surface area contributed by atoms with Gasteiger partial charge in [0.2, 0.25) is 0 Å². The molecule has 0 saturated heterocycles. The lowest BCUT2D eigenvalue weighted by atomic mass is 10.2. The van der Waals surface area contributed by atoms with Crippen molar-refractivity contribution in [2.75, 3.05) is 0 Å². The highest BCUT2D eigenvalue weighted by Gasteiger charge is 2.06. The highest BCUT2D eigenvalue weighted by molar-refractivity contribution is 9.10. The molecule has 0 radical (unpaired) electrons. The van der Waals surface area contributed by atoms with Gasteiger partial charge in [-0.3, -0.25) is 0 Å². The Bertz CT molecular complexity index is 522. The van der Waals surface area contributed by atoms with Crippen molar-refractivity contribution < 1.29 is 9.15 Å². The van der Waals surface area contributed by atoms with Gasteiger partial charge in [0.1, 0.15) is 18.1 Å². The van der Waals surface area contributed by atoms with Gasteiger partial charge < -0.3 is 14.9 Å². The number of halogens is 1. The summed E-state index contributed by atoms with van der Waals surface area (Å²) in [4.78, 5) is 0. The van der Waals surface area contributed by atoms with Crippen LogP contribution in [0.15, 0.2) is 39.2 Å². The lowest BCUT2D eigenvalue weighted by Crippen LogP contribution is -1.95. The van der Waals surface area contributed by atoms with E-state index in [1.807, 2.05) is 37.3 Å². The van der Waals surface area contributed by atoms with Gasteiger partial charge in [-0.25, -0.2) is 0 Å². The van der Waals surface area contributed by atoms with Crippen LogP contribution in [0.25, 0.3) is 0 Å². The van der Waals surface area contributed by atoms with Crippen molar-refractivity contribution in [2.45, 2.75) is 26.7 Å². The number of benzene rings is 1. The maximum absolute atomic E-state index is 5.63. The van der Waals surface area contributed by atoms with Gasteiger partial charge in [0.25, 0.3) is 0 Å². The standard InChI is InChI=1S/C14H16BrNO2/c1-10-12(7-16)6-13(18-10)9-17-8-11-4-2-3-5-14(11)15/h2-6H,7-9,16H2,1H3. The SMILES string of the molecule is Cc1oc(COCc2ccccc2Br)cc1CN. The summed E-state index contributed by atoms with van der Waals surface area (Å²) < 4.78 is 12.3. The van der Waals surface area contributed by atoms with Gasteiger partial charge in [-0.15, -0.1) is 0 Å². The van der Waals surface area contributed by atoms with Crippen molar-refractivity contribution in [1.82, 2.24) is 0 Å². The van der Waals surface area contributed by atoms with Gasteiger partial charge in [-0.1, -0.05) is 34.1 Å². The van der Waals surface area contributed by atoms with Crippen LogP contribution in [-0.2, 0) is 24.5 Å². The third-order valence-corrected chi connectivity index (χ3v) is 3.52. The summed E-state index contributed by atoms with van der Waals surface area (Å²) in [6.07, 6.45) is 0. The fourth-order valence-corrected chi connectivity index (χ4v) is 2.14. The molecule has 18 heavy (non-hydrogen) atoms. The molecule has 2 N–H and O–H groups in total. The summed E-state index contributed by atoms with van der Waals surface area (Å²) in [7, 11) is 0. The smallest absolute Gasteiger partial charge is 0.130 e. The first-order valence-electron chi connectivity index (χ1n) is 5.80. The fourth-order valence-electron chi connectivity index (χ4n) is 1.74. The van der Waals surface area contributed by atoms with Crippen LogP contribution in [0.4, 0.5) is 0 Å². The largest absolute Gasteiger partial charge is 0.464 e. The molecule has 0 aliphatic carbocycles. The summed E-state index contributed by atoms with van der Waals surface area (Å²) in [6, 6.07) is 9.96. The van der Waals surface area contributed by atoms with E-state index in [1.54, 1.807) is 0 Å². The second-order valence-corrected chi connectivity index (χ2v) is 4.94. The van der Waals surface area contributed by atoms with E-state index in [4.69, 9.17) is 14.9 Å². The molecule has 0 unspecified atom stereocenters. The minimum absolute atomic E-state index is 0.460. The Labute approximate surface area is 115 Å². The molecule has 0 fully saturated rings. The first kappa shape index (κ1) is 13.3. The van der Waals surface area contributed by atoms with Crippen LogP contribution in [0.5, 0.6) is 0 Å². The summed E-state index contributed by atoms with van der Waals surface area (Å²) in [5.41, 5.74) is 7.76. The van der Waals surface area contributed by atoms with Gasteiger partial charge in [0.05, 0.1) is 6.61 Å². The maximum atomic E-state index is 5.63. The van der Waals surface area contributed by atoms with Crippen LogP contribution in [0.1, 0.15) is 22.6 Å². The first-order chi connectivity index (χ1) is 8.70. The Kier molecular flexibility index (Phi) is 4.58. The quantitative estimate of drug-likeness (QED) is 0.919. The van der Waals surface area contributed by atoms with Crippen molar-refractivity contribution in [2.24, 2.45) is 5.73 Å². The van der Waals surface area contributed by atoms with Crippen LogP contribution in [0.3, 0.4) is 0 Å². The third kappa shape index (κ3) is 3.22. The number of nitrogens with two attached hydrogens (primary N) is 1. The van der Waals surface area contributed by atoms with Crippen molar-refractivity contribution in [3.63, 3.8) is 0 Å². The molecule has 0 amide bonds. The molecular formula is C14H16BrNO2. The zero-order valence-electron chi connectivity index (χ0n) is 10.3. The summed E-state index contributed by atoms with van der Waals surface area (Å²) in [5, 5.41) is 0. The molecule has 3 nitrogen and oxygen atoms in total. The Morgan fingerprint density at radius 1 is 1.22 bits per heavy atom. The zero-order valence-corrected chi connectivity index (χ0v) is 11.9. The lowest BCUT2D eigenvalue weighted by molar-refractivity contribution is 0.0920. The summed E-state index contributed by atoms with van der Waals surface area (Å²) in [6.45, 7) is 3.43. The lowest BCUT2D eigenvalue weighted by Gasteiger charge is -2.04. The van der Waals surface area contributed by atoms with Gasteiger partial charge in [0, 0.05) is 16.6 Å². The van der Waals surface area contributed by atoms with E-state index in [2.05, 4.69) is 15.9 Å². The van der Waals surface area contributed by atoms with Crippen LogP contribution in [-0.4, -0.2) is 0 Å². The highest BCUT2D eigenvalue weighted by Crippen LogP contribution is 2.19. The molecule has 4 heteroatoms. The van der Waals surface area contributed by atoms with Gasteiger partial charge in [-0.05, 0) is 24.6 Å². The van der Waals surface area contributed by atoms with E-state index in [0.29, 0.717) is 19.8 Å². The maximum Gasteiger partial charge on any atom is 0.130 e. The molecule has 2 aromatic rings. The van der Waals surface area contributed by atoms with Crippen LogP contribution < -0.4 is 5.73 Å². The number of hydrogen-bond donors (Lipinski definition) is 1. The van der Waals surface area contributed by atoms with Crippen molar-refractivity contribution >= 4 is 15.9 Å². The molecule has 0 saturated carbocycles. The monoisotopic (exact) mass is 309 g/mol. The minimum Gasteiger partial charge on any atom is -0.464 e. The van der Waals surface area contributed by atoms with E-state index in [9.17, 15) is 0 Å². The summed E-state index contributed by atoms with van der Waals surface area (Å²) >= 11 is 3.49. The highest BCUT2D eigenvalue weighted by atomic mass is 79.9. The van der Waals surface area contributed by atoms with E-state index in [1.165, 1.54) is 0 Å². The molecular weight excluding hydrogens is 294 g/mol. The first-order valence-corrected chi connectivity index (χ1v) is 6.59. The number of hydrogen-bond acceptors (Lipinski definition) is 3. The minimum atomic E-state index is 0.460. The van der Waals surface area contributed by atoms with E-state index < -0.39 is 0 Å². The van der Waals surface area contributed by atoms with Crippen molar-refractivity contribution in [3.8, 4) is 0 Å². The zero-order chi connectivity index (χ0) is 13.0. The third-order valence-electron chi connectivity index (χ3n) is 2.75. The Morgan fingerprint density at radius 2 is 2.00 bits per heavy atom. The molecule has 1 heterocycles. The molecule has 96 valence electrons. The van der Waals surface area contributed by atoms with Crippen LogP contribution in [0, 0.1) is 6.92 Å². The van der Waals surface area contributed by atoms with Gasteiger partial charge in [0.15, 0.2) is 0 Å². The molecule has 0 bridgehead atoms.